The van der Waals surface area contributed by atoms with Gasteiger partial charge in [-0.15, -0.1) is 0 Å². The van der Waals surface area contributed by atoms with Crippen molar-refractivity contribution in [2.75, 3.05) is 5.32 Å². The molecule has 2 heterocycles. The second kappa shape index (κ2) is 7.38. The number of hydrogen-bond donors (Lipinski definition) is 3. The van der Waals surface area contributed by atoms with E-state index < -0.39 is 11.9 Å². The number of halogens is 2. The molecule has 0 aliphatic rings. The van der Waals surface area contributed by atoms with Crippen molar-refractivity contribution in [3.05, 3.63) is 39.1 Å². The highest BCUT2D eigenvalue weighted by Gasteiger charge is 2.21. The van der Waals surface area contributed by atoms with E-state index in [4.69, 9.17) is 27.9 Å². The standard InChI is InChI=1S/C17H15Cl2N3O4S/c1-6(2)26-9-4-8(16(24)25)5-10-13(9)21-17(27-10)22-15(23)14-12(19)11(18)7(3)20-14/h4-6,20H,1-3H3,(H,24,25)(H,21,22,23). The predicted octanol–water partition coefficient (Wildman–Crippen LogP) is 4.98. The highest BCUT2D eigenvalue weighted by atomic mass is 35.5. The zero-order chi connectivity index (χ0) is 19.9. The molecule has 0 atom stereocenters. The minimum atomic E-state index is -1.08. The van der Waals surface area contributed by atoms with E-state index in [1.54, 1.807) is 6.92 Å². The number of carbonyl (C=O) groups is 2. The van der Waals surface area contributed by atoms with Crippen LogP contribution in [-0.4, -0.2) is 33.1 Å². The van der Waals surface area contributed by atoms with E-state index in [1.165, 1.54) is 12.1 Å². The average Bonchev–Trinajstić information content (AvgIpc) is 3.10. The number of benzene rings is 1. The van der Waals surface area contributed by atoms with Crippen molar-refractivity contribution in [2.45, 2.75) is 26.9 Å². The quantitative estimate of drug-likeness (QED) is 0.532. The number of H-pyrrole nitrogens is 1. The summed E-state index contributed by atoms with van der Waals surface area (Å²) in [6.45, 7) is 5.35. The number of carboxylic acids is 1. The molecule has 0 spiro atoms. The number of hydrogen-bond acceptors (Lipinski definition) is 5. The number of aromatic carboxylic acids is 1. The largest absolute Gasteiger partial charge is 0.489 e. The van der Waals surface area contributed by atoms with Crippen LogP contribution in [0.1, 0.15) is 40.4 Å². The van der Waals surface area contributed by atoms with Crippen LogP contribution in [0.4, 0.5) is 5.13 Å². The molecule has 7 nitrogen and oxygen atoms in total. The van der Waals surface area contributed by atoms with Gasteiger partial charge in [-0.1, -0.05) is 34.5 Å². The monoisotopic (exact) mass is 427 g/mol. The third-order valence-electron chi connectivity index (χ3n) is 3.57. The molecule has 0 bridgehead atoms. The molecule has 142 valence electrons. The Morgan fingerprint density at radius 1 is 1.30 bits per heavy atom. The van der Waals surface area contributed by atoms with E-state index in [2.05, 4.69) is 15.3 Å². The lowest BCUT2D eigenvalue weighted by molar-refractivity contribution is 0.0696. The Hall–Kier alpha value is -2.29. The number of nitrogens with zero attached hydrogens (tertiary/aromatic N) is 1. The van der Waals surface area contributed by atoms with Crippen LogP contribution in [0.5, 0.6) is 5.75 Å². The summed E-state index contributed by atoms with van der Waals surface area (Å²) in [5.41, 5.74) is 1.26. The molecule has 3 N–H and O–H groups in total. The first kappa shape index (κ1) is 19.5. The Kier molecular flexibility index (Phi) is 5.32. The number of carboxylic acid groups (broad SMARTS) is 1. The number of aromatic nitrogens is 2. The maximum atomic E-state index is 12.5. The molecule has 1 amide bonds. The molecule has 0 aliphatic carbocycles. The van der Waals surface area contributed by atoms with Gasteiger partial charge in [-0.25, -0.2) is 9.78 Å². The Morgan fingerprint density at radius 3 is 2.56 bits per heavy atom. The van der Waals surface area contributed by atoms with Crippen LogP contribution in [0.25, 0.3) is 10.2 Å². The molecule has 0 saturated carbocycles. The fourth-order valence-electron chi connectivity index (χ4n) is 2.41. The zero-order valence-electron chi connectivity index (χ0n) is 14.5. The Balaban J connectivity index is 1.99. The first-order valence-electron chi connectivity index (χ1n) is 7.86. The fourth-order valence-corrected chi connectivity index (χ4v) is 3.74. The minimum absolute atomic E-state index is 0.0782. The average molecular weight is 428 g/mol. The van der Waals surface area contributed by atoms with Crippen LogP contribution in [-0.2, 0) is 0 Å². The molecule has 2 aromatic heterocycles. The number of amides is 1. The van der Waals surface area contributed by atoms with Gasteiger partial charge in [0.15, 0.2) is 5.13 Å². The Morgan fingerprint density at radius 2 is 2.00 bits per heavy atom. The summed E-state index contributed by atoms with van der Waals surface area (Å²) in [7, 11) is 0. The number of rotatable bonds is 5. The summed E-state index contributed by atoms with van der Waals surface area (Å²) in [5.74, 6) is -1.24. The normalized spacial score (nSPS) is 11.2. The topological polar surface area (TPSA) is 104 Å². The second-order valence-corrected chi connectivity index (χ2v) is 7.81. The van der Waals surface area contributed by atoms with Gasteiger partial charge in [0.05, 0.1) is 26.4 Å². The van der Waals surface area contributed by atoms with Crippen LogP contribution in [0.2, 0.25) is 10.0 Å². The van der Waals surface area contributed by atoms with Crippen molar-refractivity contribution in [1.82, 2.24) is 9.97 Å². The number of ether oxygens (including phenoxy) is 1. The number of fused-ring (bicyclic) bond motifs is 1. The molecular weight excluding hydrogens is 413 g/mol. The van der Waals surface area contributed by atoms with Crippen LogP contribution in [0, 0.1) is 6.92 Å². The zero-order valence-corrected chi connectivity index (χ0v) is 16.8. The lowest BCUT2D eigenvalue weighted by atomic mass is 10.2. The highest BCUT2D eigenvalue weighted by molar-refractivity contribution is 7.22. The lowest BCUT2D eigenvalue weighted by Crippen LogP contribution is -2.12. The molecule has 0 saturated heterocycles. The molecule has 3 aromatic rings. The number of carbonyl (C=O) groups excluding carboxylic acids is 1. The van der Waals surface area contributed by atoms with Gasteiger partial charge in [0.25, 0.3) is 5.91 Å². The van der Waals surface area contributed by atoms with Gasteiger partial charge < -0.3 is 14.8 Å². The molecule has 0 fully saturated rings. The first-order chi connectivity index (χ1) is 12.7. The van der Waals surface area contributed by atoms with E-state index >= 15 is 0 Å². The minimum Gasteiger partial charge on any atom is -0.489 e. The van der Waals surface area contributed by atoms with Crippen LogP contribution >= 0.6 is 34.5 Å². The van der Waals surface area contributed by atoms with Gasteiger partial charge in [0.2, 0.25) is 0 Å². The van der Waals surface area contributed by atoms with Gasteiger partial charge in [-0.05, 0) is 32.9 Å². The van der Waals surface area contributed by atoms with Crippen LogP contribution in [0.15, 0.2) is 12.1 Å². The molecule has 27 heavy (non-hydrogen) atoms. The summed E-state index contributed by atoms with van der Waals surface area (Å²) >= 11 is 13.2. The third-order valence-corrected chi connectivity index (χ3v) is 5.44. The summed E-state index contributed by atoms with van der Waals surface area (Å²) in [4.78, 5) is 31.0. The number of aryl methyl sites for hydroxylation is 1. The van der Waals surface area contributed by atoms with Crippen molar-refractivity contribution < 1.29 is 19.4 Å². The smallest absolute Gasteiger partial charge is 0.335 e. The molecule has 0 radical (unpaired) electrons. The van der Waals surface area contributed by atoms with Crippen molar-refractivity contribution in [2.24, 2.45) is 0 Å². The molecular formula is C17H15Cl2N3O4S. The van der Waals surface area contributed by atoms with Gasteiger partial charge in [0.1, 0.15) is 17.0 Å². The molecule has 0 aliphatic heterocycles. The van der Waals surface area contributed by atoms with E-state index in [0.717, 1.165) is 11.3 Å². The van der Waals surface area contributed by atoms with Gasteiger partial charge in [-0.3, -0.25) is 10.1 Å². The number of nitrogens with one attached hydrogen (secondary N) is 2. The van der Waals surface area contributed by atoms with E-state index in [-0.39, 0.29) is 32.5 Å². The summed E-state index contributed by atoms with van der Waals surface area (Å²) in [6, 6.07) is 2.90. The van der Waals surface area contributed by atoms with E-state index in [0.29, 0.717) is 21.7 Å². The van der Waals surface area contributed by atoms with Crippen molar-refractivity contribution >= 4 is 61.8 Å². The molecule has 0 unspecified atom stereocenters. The lowest BCUT2D eigenvalue weighted by Gasteiger charge is -2.10. The highest BCUT2D eigenvalue weighted by Crippen LogP contribution is 2.35. The second-order valence-electron chi connectivity index (χ2n) is 6.02. The predicted molar refractivity (Wildman–Crippen MR) is 106 cm³/mol. The summed E-state index contributed by atoms with van der Waals surface area (Å²) in [6.07, 6.45) is -0.167. The number of anilines is 1. The SMILES string of the molecule is Cc1[nH]c(C(=O)Nc2nc3c(OC(C)C)cc(C(=O)O)cc3s2)c(Cl)c1Cl. The number of aromatic amines is 1. The summed E-state index contributed by atoms with van der Waals surface area (Å²) in [5, 5.41) is 12.6. The van der Waals surface area contributed by atoms with Crippen molar-refractivity contribution in [3.8, 4) is 5.75 Å². The van der Waals surface area contributed by atoms with E-state index in [9.17, 15) is 14.7 Å². The summed E-state index contributed by atoms with van der Waals surface area (Å²) < 4.78 is 6.26. The van der Waals surface area contributed by atoms with Crippen molar-refractivity contribution in [1.29, 1.82) is 0 Å². The van der Waals surface area contributed by atoms with Crippen LogP contribution < -0.4 is 10.1 Å². The molecule has 10 heteroatoms. The number of thiazole rings is 1. The van der Waals surface area contributed by atoms with E-state index in [1.807, 2.05) is 13.8 Å². The molecule has 1 aromatic carbocycles. The van der Waals surface area contributed by atoms with Gasteiger partial charge >= 0.3 is 5.97 Å². The van der Waals surface area contributed by atoms with Crippen LogP contribution in [0.3, 0.4) is 0 Å². The Labute approximate surface area is 168 Å². The van der Waals surface area contributed by atoms with Crippen molar-refractivity contribution in [3.63, 3.8) is 0 Å². The Bertz CT molecular complexity index is 1060. The van der Waals surface area contributed by atoms with Gasteiger partial charge in [0, 0.05) is 5.69 Å². The molecule has 3 rings (SSSR count). The maximum Gasteiger partial charge on any atom is 0.335 e. The first-order valence-corrected chi connectivity index (χ1v) is 9.44. The maximum absolute atomic E-state index is 12.5. The third kappa shape index (κ3) is 3.87. The van der Waals surface area contributed by atoms with Gasteiger partial charge in [-0.2, -0.15) is 0 Å². The fraction of sp³-hybridized carbons (Fsp3) is 0.235.